The summed E-state index contributed by atoms with van der Waals surface area (Å²) in [5.74, 6) is 0. The number of thiophene rings is 1. The van der Waals surface area contributed by atoms with Gasteiger partial charge in [-0.25, -0.2) is 4.98 Å². The molecule has 0 bridgehead atoms. The second kappa shape index (κ2) is 6.88. The number of nitrogens with zero attached hydrogens (tertiary/aromatic N) is 1. The van der Waals surface area contributed by atoms with Crippen LogP contribution in [0.4, 0.5) is 0 Å². The largest absolute Gasteiger partial charge is 0.494 e. The summed E-state index contributed by atoms with van der Waals surface area (Å²) in [5, 5.41) is 3.65. The van der Waals surface area contributed by atoms with Crippen LogP contribution in [0.25, 0.3) is 42.3 Å². The van der Waals surface area contributed by atoms with Crippen LogP contribution >= 0.6 is 11.3 Å². The number of pyridine rings is 1. The van der Waals surface area contributed by atoms with Gasteiger partial charge in [-0.3, -0.25) is 0 Å². The second-order valence-electron chi connectivity index (χ2n) is 9.49. The number of aromatic nitrogens is 1. The van der Waals surface area contributed by atoms with Gasteiger partial charge in [0.05, 0.1) is 27.1 Å². The fourth-order valence-electron chi connectivity index (χ4n) is 4.38. The molecule has 0 unspecified atom stereocenters. The van der Waals surface area contributed by atoms with Crippen LogP contribution in [-0.4, -0.2) is 23.3 Å². The molecule has 32 heavy (non-hydrogen) atoms. The Morgan fingerprint density at radius 1 is 0.719 bits per heavy atom. The third-order valence-electron chi connectivity index (χ3n) is 6.93. The molecule has 1 aliphatic rings. The Hall–Kier alpha value is -2.73. The summed E-state index contributed by atoms with van der Waals surface area (Å²) in [6, 6.07) is 25.6. The van der Waals surface area contributed by atoms with E-state index >= 15 is 0 Å². The summed E-state index contributed by atoms with van der Waals surface area (Å²) in [6.45, 7) is 8.32. The molecule has 0 N–H and O–H groups in total. The first-order valence-corrected chi connectivity index (χ1v) is 11.8. The zero-order chi connectivity index (χ0) is 22.1. The van der Waals surface area contributed by atoms with Crippen molar-refractivity contribution in [2.24, 2.45) is 0 Å². The third kappa shape index (κ3) is 2.92. The van der Waals surface area contributed by atoms with Crippen LogP contribution in [0, 0.1) is 0 Å². The van der Waals surface area contributed by atoms with Gasteiger partial charge in [-0.1, -0.05) is 66.7 Å². The first-order chi connectivity index (χ1) is 15.3. The van der Waals surface area contributed by atoms with Crippen LogP contribution in [-0.2, 0) is 9.31 Å². The van der Waals surface area contributed by atoms with Crippen molar-refractivity contribution in [3.8, 4) is 11.3 Å². The average molecular weight is 437 g/mol. The summed E-state index contributed by atoms with van der Waals surface area (Å²) >= 11 is 1.82. The highest BCUT2D eigenvalue weighted by Gasteiger charge is 2.51. The van der Waals surface area contributed by atoms with Gasteiger partial charge in [0.2, 0.25) is 0 Å². The summed E-state index contributed by atoms with van der Waals surface area (Å²) in [4.78, 5) is 5.18. The minimum absolute atomic E-state index is 0.348. The molecule has 0 atom stereocenters. The number of hydrogen-bond acceptors (Lipinski definition) is 4. The van der Waals surface area contributed by atoms with Gasteiger partial charge in [0, 0.05) is 26.4 Å². The fraction of sp³-hybridized carbons (Fsp3) is 0.222. The van der Waals surface area contributed by atoms with E-state index in [4.69, 9.17) is 14.3 Å². The lowest BCUT2D eigenvalue weighted by atomic mass is 9.78. The Morgan fingerprint density at radius 3 is 2.00 bits per heavy atom. The van der Waals surface area contributed by atoms with E-state index in [1.807, 2.05) is 11.3 Å². The highest BCUT2D eigenvalue weighted by atomic mass is 32.1. The van der Waals surface area contributed by atoms with Gasteiger partial charge in [-0.05, 0) is 39.2 Å². The van der Waals surface area contributed by atoms with E-state index in [2.05, 4.69) is 100 Å². The maximum Gasteiger partial charge on any atom is 0.494 e. The van der Waals surface area contributed by atoms with Crippen LogP contribution in [0.1, 0.15) is 27.7 Å². The van der Waals surface area contributed by atoms with Crippen molar-refractivity contribution in [2.45, 2.75) is 38.9 Å². The predicted molar refractivity (Wildman–Crippen MR) is 136 cm³/mol. The average Bonchev–Trinajstić information content (AvgIpc) is 3.27. The van der Waals surface area contributed by atoms with E-state index in [1.165, 1.54) is 25.6 Å². The lowest BCUT2D eigenvalue weighted by Crippen LogP contribution is -2.41. The van der Waals surface area contributed by atoms with Crippen molar-refractivity contribution in [3.63, 3.8) is 0 Å². The fourth-order valence-corrected chi connectivity index (χ4v) is 5.56. The van der Waals surface area contributed by atoms with Crippen molar-refractivity contribution in [1.82, 2.24) is 4.98 Å². The van der Waals surface area contributed by atoms with E-state index in [1.54, 1.807) is 0 Å². The molecule has 0 amide bonds. The Balaban J connectivity index is 1.49. The molecule has 5 aromatic rings. The molecule has 5 heteroatoms. The predicted octanol–water partition coefficient (Wildman–Crippen LogP) is 6.57. The van der Waals surface area contributed by atoms with Crippen molar-refractivity contribution < 1.29 is 9.31 Å². The minimum Gasteiger partial charge on any atom is -0.399 e. The van der Waals surface area contributed by atoms with Crippen LogP contribution < -0.4 is 5.46 Å². The number of fused-ring (bicyclic) bond motifs is 5. The zero-order valence-electron chi connectivity index (χ0n) is 18.7. The maximum atomic E-state index is 6.22. The topological polar surface area (TPSA) is 31.4 Å². The van der Waals surface area contributed by atoms with Gasteiger partial charge in [0.25, 0.3) is 0 Å². The van der Waals surface area contributed by atoms with Crippen LogP contribution in [0.2, 0.25) is 0 Å². The molecule has 3 aromatic carbocycles. The van der Waals surface area contributed by atoms with E-state index in [-0.39, 0.29) is 18.3 Å². The minimum atomic E-state index is -0.359. The lowest BCUT2D eigenvalue weighted by Gasteiger charge is -2.32. The standard InChI is InChI=1S/C27H24BNO2S/c1-26(2)27(3,4)31-28(30-26)18-15-13-17(14-16-18)23-19-9-5-6-10-20(19)25-24(29-23)21-11-7-8-12-22(21)32-25/h5-16H,1-4H3. The Labute approximate surface area is 192 Å². The first kappa shape index (κ1) is 19.9. The van der Waals surface area contributed by atoms with Gasteiger partial charge in [-0.15, -0.1) is 11.3 Å². The van der Waals surface area contributed by atoms with Crippen LogP contribution in [0.15, 0.2) is 72.8 Å². The number of rotatable bonds is 2. The normalized spacial score (nSPS) is 17.6. The maximum absolute atomic E-state index is 6.22. The van der Waals surface area contributed by atoms with Crippen LogP contribution in [0.5, 0.6) is 0 Å². The van der Waals surface area contributed by atoms with E-state index in [0.717, 1.165) is 22.2 Å². The molecule has 3 nitrogen and oxygen atoms in total. The molecule has 3 heterocycles. The van der Waals surface area contributed by atoms with Crippen molar-refractivity contribution in [1.29, 1.82) is 0 Å². The summed E-state index contributed by atoms with van der Waals surface area (Å²) in [6.07, 6.45) is 0. The third-order valence-corrected chi connectivity index (χ3v) is 8.12. The first-order valence-electron chi connectivity index (χ1n) is 11.0. The zero-order valence-corrected chi connectivity index (χ0v) is 19.5. The Kier molecular flexibility index (Phi) is 4.29. The van der Waals surface area contributed by atoms with Gasteiger partial charge < -0.3 is 9.31 Å². The van der Waals surface area contributed by atoms with Gasteiger partial charge >= 0.3 is 7.12 Å². The van der Waals surface area contributed by atoms with E-state index < -0.39 is 0 Å². The molecule has 0 saturated carbocycles. The molecule has 2 aromatic heterocycles. The summed E-state index contributed by atoms with van der Waals surface area (Å²) in [7, 11) is -0.359. The monoisotopic (exact) mass is 437 g/mol. The number of hydrogen-bond donors (Lipinski definition) is 0. The number of benzene rings is 3. The van der Waals surface area contributed by atoms with Gasteiger partial charge in [-0.2, -0.15) is 0 Å². The Morgan fingerprint density at radius 2 is 1.31 bits per heavy atom. The Bertz CT molecular complexity index is 1470. The highest BCUT2D eigenvalue weighted by molar-refractivity contribution is 7.26. The van der Waals surface area contributed by atoms with Crippen molar-refractivity contribution >= 4 is 55.0 Å². The summed E-state index contributed by atoms with van der Waals surface area (Å²) in [5.41, 5.74) is 3.52. The van der Waals surface area contributed by atoms with Crippen LogP contribution in [0.3, 0.4) is 0 Å². The summed E-state index contributed by atoms with van der Waals surface area (Å²) < 4.78 is 15.0. The molecular weight excluding hydrogens is 413 g/mol. The molecule has 158 valence electrons. The molecule has 0 aliphatic carbocycles. The smallest absolute Gasteiger partial charge is 0.399 e. The van der Waals surface area contributed by atoms with Crippen molar-refractivity contribution in [2.75, 3.05) is 0 Å². The molecule has 0 radical (unpaired) electrons. The molecule has 1 saturated heterocycles. The van der Waals surface area contributed by atoms with Crippen molar-refractivity contribution in [3.05, 3.63) is 72.8 Å². The quantitative estimate of drug-likeness (QED) is 0.293. The van der Waals surface area contributed by atoms with E-state index in [0.29, 0.717) is 0 Å². The molecule has 1 fully saturated rings. The second-order valence-corrected chi connectivity index (χ2v) is 10.5. The lowest BCUT2D eigenvalue weighted by molar-refractivity contribution is 0.00578. The van der Waals surface area contributed by atoms with Gasteiger partial charge in [0.15, 0.2) is 0 Å². The molecular formula is C27H24BNO2S. The van der Waals surface area contributed by atoms with E-state index in [9.17, 15) is 0 Å². The van der Waals surface area contributed by atoms with Gasteiger partial charge in [0.1, 0.15) is 0 Å². The molecule has 0 spiro atoms. The highest BCUT2D eigenvalue weighted by Crippen LogP contribution is 2.40. The molecule has 1 aliphatic heterocycles. The molecule has 6 rings (SSSR count). The SMILES string of the molecule is CC1(C)OB(c2ccc(-c3nc4c5ccccc5sc4c4ccccc34)cc2)OC1(C)C.